The second kappa shape index (κ2) is 8.27. The molecule has 1 N–H and O–H groups in total. The van der Waals surface area contributed by atoms with Crippen LogP contribution in [0.3, 0.4) is 0 Å². The number of alkyl halides is 1. The van der Waals surface area contributed by atoms with Crippen molar-refractivity contribution in [2.75, 3.05) is 5.33 Å². The van der Waals surface area contributed by atoms with Crippen molar-refractivity contribution in [2.45, 2.75) is 52.5 Å². The lowest BCUT2D eigenvalue weighted by Crippen LogP contribution is -2.39. The third kappa shape index (κ3) is 6.41. The Kier molecular flexibility index (Phi) is 8.24. The van der Waals surface area contributed by atoms with Gasteiger partial charge < -0.3 is 5.32 Å². The largest absolute Gasteiger partial charge is 0.352 e. The van der Waals surface area contributed by atoms with E-state index in [4.69, 9.17) is 0 Å². The summed E-state index contributed by atoms with van der Waals surface area (Å²) in [5.74, 6) is 0.682. The van der Waals surface area contributed by atoms with Gasteiger partial charge in [0.2, 0.25) is 5.91 Å². The Morgan fingerprint density at radius 3 is 2.43 bits per heavy atom. The van der Waals surface area contributed by atoms with E-state index in [1.807, 2.05) is 0 Å². The molecule has 0 spiro atoms. The Balaban J connectivity index is 3.68. The summed E-state index contributed by atoms with van der Waals surface area (Å²) < 4.78 is 0. The molecule has 0 saturated heterocycles. The molecule has 3 heteroatoms. The van der Waals surface area contributed by atoms with Gasteiger partial charge in [-0.1, -0.05) is 49.5 Å². The Labute approximate surface area is 96.0 Å². The molecule has 0 bridgehead atoms. The summed E-state index contributed by atoms with van der Waals surface area (Å²) in [4.78, 5) is 11.5. The predicted molar refractivity (Wildman–Crippen MR) is 64.7 cm³/mol. The highest BCUT2D eigenvalue weighted by atomic mass is 79.9. The van der Waals surface area contributed by atoms with E-state index in [1.54, 1.807) is 0 Å². The number of halogens is 1. The van der Waals surface area contributed by atoms with Crippen LogP contribution in [0, 0.1) is 5.92 Å². The van der Waals surface area contributed by atoms with E-state index in [-0.39, 0.29) is 11.9 Å². The molecule has 14 heavy (non-hydrogen) atoms. The molecule has 1 unspecified atom stereocenters. The van der Waals surface area contributed by atoms with Crippen molar-refractivity contribution in [2.24, 2.45) is 5.92 Å². The van der Waals surface area contributed by atoms with Gasteiger partial charge >= 0.3 is 0 Å². The van der Waals surface area contributed by atoms with E-state index >= 15 is 0 Å². The van der Waals surface area contributed by atoms with Crippen molar-refractivity contribution in [1.29, 1.82) is 0 Å². The average molecular weight is 264 g/mol. The van der Waals surface area contributed by atoms with E-state index in [2.05, 4.69) is 42.0 Å². The molecule has 1 amide bonds. The van der Waals surface area contributed by atoms with Gasteiger partial charge in [-0.15, -0.1) is 0 Å². The number of hydrogen-bond donors (Lipinski definition) is 1. The maximum atomic E-state index is 11.5. The number of carbonyl (C=O) groups is 1. The van der Waals surface area contributed by atoms with Crippen LogP contribution in [0.1, 0.15) is 46.5 Å². The minimum atomic E-state index is 0.191. The van der Waals surface area contributed by atoms with E-state index < -0.39 is 0 Å². The number of amides is 1. The summed E-state index contributed by atoms with van der Waals surface area (Å²) >= 11 is 3.41. The minimum absolute atomic E-state index is 0.191. The van der Waals surface area contributed by atoms with Crippen LogP contribution in [0.25, 0.3) is 0 Å². The molecule has 2 nitrogen and oxygen atoms in total. The van der Waals surface area contributed by atoms with E-state index in [1.165, 1.54) is 6.42 Å². The molecule has 0 aliphatic rings. The number of nitrogens with one attached hydrogen (secondary N) is 1. The quantitative estimate of drug-likeness (QED) is 0.555. The molecule has 0 aromatic heterocycles. The summed E-state index contributed by atoms with van der Waals surface area (Å²) in [7, 11) is 0. The van der Waals surface area contributed by atoms with Gasteiger partial charge in [-0.25, -0.2) is 0 Å². The van der Waals surface area contributed by atoms with Crippen LogP contribution in [0.4, 0.5) is 0 Å². The van der Waals surface area contributed by atoms with Crippen molar-refractivity contribution >= 4 is 21.8 Å². The van der Waals surface area contributed by atoms with Crippen molar-refractivity contribution in [1.82, 2.24) is 5.32 Å². The molecule has 0 rings (SSSR count). The lowest BCUT2D eigenvalue weighted by molar-refractivity contribution is -0.122. The molecule has 0 aromatic rings. The molecule has 0 radical (unpaired) electrons. The Morgan fingerprint density at radius 1 is 1.36 bits per heavy atom. The van der Waals surface area contributed by atoms with Gasteiger partial charge in [-0.3, -0.25) is 4.79 Å². The lowest BCUT2D eigenvalue weighted by atomic mass is 10.1. The zero-order valence-corrected chi connectivity index (χ0v) is 11.1. The van der Waals surface area contributed by atoms with Crippen LogP contribution >= 0.6 is 15.9 Å². The van der Waals surface area contributed by atoms with Crippen molar-refractivity contribution in [3.63, 3.8) is 0 Å². The molecular formula is C11H22BrNO. The van der Waals surface area contributed by atoms with Gasteiger partial charge in [0.05, 0.1) is 0 Å². The summed E-state index contributed by atoms with van der Waals surface area (Å²) in [5, 5.41) is 3.88. The van der Waals surface area contributed by atoms with E-state index in [0.29, 0.717) is 12.3 Å². The third-order valence-corrected chi connectivity index (χ3v) is 3.02. The Bertz CT molecular complexity index is 159. The molecule has 0 saturated carbocycles. The number of rotatable bonds is 7. The first kappa shape index (κ1) is 13.9. The molecular weight excluding hydrogens is 242 g/mol. The van der Waals surface area contributed by atoms with Crippen molar-refractivity contribution in [3.8, 4) is 0 Å². The van der Waals surface area contributed by atoms with Crippen molar-refractivity contribution < 1.29 is 4.79 Å². The first-order chi connectivity index (χ1) is 6.61. The van der Waals surface area contributed by atoms with Gasteiger partial charge in [-0.05, 0) is 12.3 Å². The topological polar surface area (TPSA) is 29.1 Å². The van der Waals surface area contributed by atoms with Gasteiger partial charge in [0, 0.05) is 17.8 Å². The normalized spacial score (nSPS) is 12.9. The summed E-state index contributed by atoms with van der Waals surface area (Å²) in [6, 6.07) is 0.268. The zero-order chi connectivity index (χ0) is 11.0. The standard InChI is InChI=1S/C11H22BrNO/c1-4-5-6-7-11(14)13-10(8-12)9(2)3/h9-10H,4-8H2,1-3H3,(H,13,14). The van der Waals surface area contributed by atoms with Gasteiger partial charge in [0.15, 0.2) is 0 Å². The molecule has 1 atom stereocenters. The molecule has 0 aliphatic heterocycles. The minimum Gasteiger partial charge on any atom is -0.352 e. The second-order valence-electron chi connectivity index (χ2n) is 4.03. The monoisotopic (exact) mass is 263 g/mol. The third-order valence-electron chi connectivity index (χ3n) is 2.32. The number of unbranched alkanes of at least 4 members (excludes halogenated alkanes) is 2. The molecule has 0 heterocycles. The first-order valence-electron chi connectivity index (χ1n) is 5.47. The molecule has 0 aromatic carbocycles. The highest BCUT2D eigenvalue weighted by molar-refractivity contribution is 9.09. The second-order valence-corrected chi connectivity index (χ2v) is 4.68. The van der Waals surface area contributed by atoms with Crippen LogP contribution < -0.4 is 5.32 Å². The van der Waals surface area contributed by atoms with Crippen LogP contribution in [-0.2, 0) is 4.79 Å². The fraction of sp³-hybridized carbons (Fsp3) is 0.909. The maximum absolute atomic E-state index is 11.5. The van der Waals surface area contributed by atoms with Crippen molar-refractivity contribution in [3.05, 3.63) is 0 Å². The number of hydrogen-bond acceptors (Lipinski definition) is 1. The zero-order valence-electron chi connectivity index (χ0n) is 9.48. The van der Waals surface area contributed by atoms with Crippen LogP contribution in [0.2, 0.25) is 0 Å². The lowest BCUT2D eigenvalue weighted by Gasteiger charge is -2.19. The number of carbonyl (C=O) groups excluding carboxylic acids is 1. The Hall–Kier alpha value is -0.0500. The van der Waals surface area contributed by atoms with Gasteiger partial charge in [0.1, 0.15) is 0 Å². The highest BCUT2D eigenvalue weighted by Gasteiger charge is 2.13. The Morgan fingerprint density at radius 2 is 2.00 bits per heavy atom. The van der Waals surface area contributed by atoms with E-state index in [0.717, 1.165) is 18.2 Å². The van der Waals surface area contributed by atoms with E-state index in [9.17, 15) is 4.79 Å². The van der Waals surface area contributed by atoms with Crippen LogP contribution in [0.15, 0.2) is 0 Å². The first-order valence-corrected chi connectivity index (χ1v) is 6.59. The average Bonchev–Trinajstić information content (AvgIpc) is 2.14. The summed E-state index contributed by atoms with van der Waals surface area (Å²) in [6.07, 6.45) is 3.99. The fourth-order valence-corrected chi connectivity index (χ4v) is 2.11. The summed E-state index contributed by atoms with van der Waals surface area (Å²) in [6.45, 7) is 6.39. The molecule has 0 aliphatic carbocycles. The summed E-state index contributed by atoms with van der Waals surface area (Å²) in [5.41, 5.74) is 0. The fourth-order valence-electron chi connectivity index (χ4n) is 1.20. The van der Waals surface area contributed by atoms with Gasteiger partial charge in [0.25, 0.3) is 0 Å². The predicted octanol–water partition coefficient (Wildman–Crippen LogP) is 3.10. The van der Waals surface area contributed by atoms with Crippen LogP contribution in [-0.4, -0.2) is 17.3 Å². The SMILES string of the molecule is CCCCCC(=O)NC(CBr)C(C)C. The van der Waals surface area contributed by atoms with Crippen LogP contribution in [0.5, 0.6) is 0 Å². The maximum Gasteiger partial charge on any atom is 0.220 e. The smallest absolute Gasteiger partial charge is 0.220 e. The van der Waals surface area contributed by atoms with Gasteiger partial charge in [-0.2, -0.15) is 0 Å². The highest BCUT2D eigenvalue weighted by Crippen LogP contribution is 2.06. The molecule has 0 fully saturated rings. The molecule has 84 valence electrons.